The third-order valence-electron chi connectivity index (χ3n) is 3.22. The van der Waals surface area contributed by atoms with Gasteiger partial charge in [0.05, 0.1) is 0 Å². The van der Waals surface area contributed by atoms with Gasteiger partial charge in [0.25, 0.3) is 0 Å². The van der Waals surface area contributed by atoms with Gasteiger partial charge in [0.15, 0.2) is 5.78 Å². The van der Waals surface area contributed by atoms with E-state index in [0.717, 1.165) is 29.8 Å². The van der Waals surface area contributed by atoms with Crippen LogP contribution in [-0.2, 0) is 11.2 Å². The number of hydrogen-bond acceptors (Lipinski definition) is 2. The molecule has 0 spiro atoms. The van der Waals surface area contributed by atoms with E-state index < -0.39 is 0 Å². The lowest BCUT2D eigenvalue weighted by atomic mass is 9.92. The van der Waals surface area contributed by atoms with Crippen molar-refractivity contribution in [2.75, 3.05) is 11.4 Å². The lowest BCUT2D eigenvalue weighted by Crippen LogP contribution is -2.37. The van der Waals surface area contributed by atoms with Crippen molar-refractivity contribution in [3.63, 3.8) is 0 Å². The summed E-state index contributed by atoms with van der Waals surface area (Å²) in [5.74, 6) is 0.572. The number of carbonyl (C=O) groups is 2. The van der Waals surface area contributed by atoms with E-state index in [2.05, 4.69) is 6.92 Å². The fraction of sp³-hybridized carbons (Fsp3) is 0.429. The second-order valence-electron chi connectivity index (χ2n) is 4.84. The fourth-order valence-electron chi connectivity index (χ4n) is 2.38. The highest BCUT2D eigenvalue weighted by molar-refractivity contribution is 5.97. The van der Waals surface area contributed by atoms with Gasteiger partial charge >= 0.3 is 0 Å². The van der Waals surface area contributed by atoms with Crippen molar-refractivity contribution in [2.24, 2.45) is 5.92 Å². The molecule has 0 saturated heterocycles. The molecule has 0 aliphatic carbocycles. The number of amides is 1. The van der Waals surface area contributed by atoms with Gasteiger partial charge in [-0.2, -0.15) is 0 Å². The Morgan fingerprint density at radius 2 is 2.00 bits per heavy atom. The minimum absolute atomic E-state index is 0.0633. The van der Waals surface area contributed by atoms with Crippen molar-refractivity contribution in [1.29, 1.82) is 0 Å². The molecule has 2 rings (SSSR count). The molecule has 0 unspecified atom stereocenters. The van der Waals surface area contributed by atoms with Crippen LogP contribution in [0.25, 0.3) is 0 Å². The van der Waals surface area contributed by atoms with Crippen LogP contribution < -0.4 is 4.90 Å². The molecule has 0 aromatic heterocycles. The van der Waals surface area contributed by atoms with Gasteiger partial charge in [0.2, 0.25) is 5.91 Å². The van der Waals surface area contributed by atoms with Gasteiger partial charge in [0, 0.05) is 24.7 Å². The molecule has 0 N–H and O–H groups in total. The van der Waals surface area contributed by atoms with Crippen LogP contribution in [0, 0.1) is 5.92 Å². The average Bonchev–Trinajstić information content (AvgIpc) is 2.26. The first-order chi connectivity index (χ1) is 7.99. The van der Waals surface area contributed by atoms with Crippen LogP contribution >= 0.6 is 0 Å². The van der Waals surface area contributed by atoms with Crippen molar-refractivity contribution in [3.05, 3.63) is 29.3 Å². The van der Waals surface area contributed by atoms with E-state index in [0.29, 0.717) is 5.92 Å². The molecule has 1 aromatic carbocycles. The molecule has 1 aliphatic heterocycles. The average molecular weight is 231 g/mol. The fourth-order valence-corrected chi connectivity index (χ4v) is 2.38. The number of fused-ring (bicyclic) bond motifs is 1. The molecule has 1 atom stereocenters. The molecule has 1 amide bonds. The number of hydrogen-bond donors (Lipinski definition) is 0. The zero-order chi connectivity index (χ0) is 12.6. The van der Waals surface area contributed by atoms with Crippen LogP contribution in [-0.4, -0.2) is 18.2 Å². The third kappa shape index (κ3) is 2.23. The second-order valence-corrected chi connectivity index (χ2v) is 4.84. The minimum atomic E-state index is 0.0633. The quantitative estimate of drug-likeness (QED) is 0.696. The summed E-state index contributed by atoms with van der Waals surface area (Å²) in [6, 6.07) is 5.61. The molecule has 1 heterocycles. The molecule has 0 bridgehead atoms. The Labute approximate surface area is 101 Å². The van der Waals surface area contributed by atoms with Crippen molar-refractivity contribution in [3.8, 4) is 0 Å². The van der Waals surface area contributed by atoms with E-state index in [1.807, 2.05) is 12.1 Å². The maximum atomic E-state index is 11.6. The van der Waals surface area contributed by atoms with E-state index in [1.165, 1.54) is 0 Å². The summed E-state index contributed by atoms with van der Waals surface area (Å²) >= 11 is 0. The predicted molar refractivity (Wildman–Crippen MR) is 67.3 cm³/mol. The number of benzene rings is 1. The SMILES string of the molecule is CC(=O)c1ccc2c(c1)C[C@@H](C)CN2C(C)=O. The lowest BCUT2D eigenvalue weighted by molar-refractivity contribution is -0.116. The van der Waals surface area contributed by atoms with Gasteiger partial charge in [-0.3, -0.25) is 9.59 Å². The van der Waals surface area contributed by atoms with E-state index in [-0.39, 0.29) is 11.7 Å². The van der Waals surface area contributed by atoms with E-state index in [4.69, 9.17) is 0 Å². The van der Waals surface area contributed by atoms with Crippen molar-refractivity contribution < 1.29 is 9.59 Å². The number of rotatable bonds is 1. The summed E-state index contributed by atoms with van der Waals surface area (Å²) in [6.45, 7) is 6.04. The Kier molecular flexibility index (Phi) is 3.01. The zero-order valence-corrected chi connectivity index (χ0v) is 10.5. The minimum Gasteiger partial charge on any atom is -0.312 e. The largest absolute Gasteiger partial charge is 0.312 e. The highest BCUT2D eigenvalue weighted by Gasteiger charge is 2.24. The van der Waals surface area contributed by atoms with Crippen LogP contribution in [0.15, 0.2) is 18.2 Å². The molecule has 90 valence electrons. The van der Waals surface area contributed by atoms with Crippen molar-refractivity contribution >= 4 is 17.4 Å². The molecule has 1 aromatic rings. The summed E-state index contributed by atoms with van der Waals surface area (Å²) in [7, 11) is 0. The Bertz CT molecular complexity index is 479. The van der Waals surface area contributed by atoms with Gasteiger partial charge in [-0.15, -0.1) is 0 Å². The summed E-state index contributed by atoms with van der Waals surface area (Å²) in [5.41, 5.74) is 2.79. The van der Waals surface area contributed by atoms with Crippen LogP contribution in [0.1, 0.15) is 36.7 Å². The van der Waals surface area contributed by atoms with Gasteiger partial charge in [-0.25, -0.2) is 0 Å². The Morgan fingerprint density at radius 3 is 2.59 bits per heavy atom. The van der Waals surface area contributed by atoms with Crippen molar-refractivity contribution in [1.82, 2.24) is 0 Å². The van der Waals surface area contributed by atoms with Crippen LogP contribution in [0.2, 0.25) is 0 Å². The number of carbonyl (C=O) groups excluding carboxylic acids is 2. The lowest BCUT2D eigenvalue weighted by Gasteiger charge is -2.32. The topological polar surface area (TPSA) is 37.4 Å². The highest BCUT2D eigenvalue weighted by atomic mass is 16.2. The standard InChI is InChI=1S/C14H17NO2/c1-9-6-13-7-12(10(2)16)4-5-14(13)15(8-9)11(3)17/h4-5,7,9H,6,8H2,1-3H3/t9-/m1/s1. The number of ketones is 1. The molecule has 1 aliphatic rings. The maximum Gasteiger partial charge on any atom is 0.223 e. The van der Waals surface area contributed by atoms with Gasteiger partial charge < -0.3 is 4.90 Å². The molecule has 17 heavy (non-hydrogen) atoms. The summed E-state index contributed by atoms with van der Waals surface area (Å²) < 4.78 is 0. The van der Waals surface area contributed by atoms with Gasteiger partial charge in [-0.1, -0.05) is 6.92 Å². The molecule has 0 fully saturated rings. The van der Waals surface area contributed by atoms with Gasteiger partial charge in [-0.05, 0) is 43.0 Å². The molecule has 3 nitrogen and oxygen atoms in total. The monoisotopic (exact) mass is 231 g/mol. The van der Waals surface area contributed by atoms with Crippen molar-refractivity contribution in [2.45, 2.75) is 27.2 Å². The number of nitrogens with zero attached hydrogens (tertiary/aromatic N) is 1. The Balaban J connectivity index is 2.47. The number of anilines is 1. The van der Waals surface area contributed by atoms with E-state index in [9.17, 15) is 9.59 Å². The molecule has 0 radical (unpaired) electrons. The predicted octanol–water partition coefficient (Wildman–Crippen LogP) is 2.43. The molecular formula is C14H17NO2. The molecular weight excluding hydrogens is 214 g/mol. The third-order valence-corrected chi connectivity index (χ3v) is 3.22. The molecule has 0 saturated carbocycles. The van der Waals surface area contributed by atoms with Crippen LogP contribution in [0.5, 0.6) is 0 Å². The highest BCUT2D eigenvalue weighted by Crippen LogP contribution is 2.30. The summed E-state index contributed by atoms with van der Waals surface area (Å²) in [4.78, 5) is 24.7. The first-order valence-corrected chi connectivity index (χ1v) is 5.91. The Hall–Kier alpha value is -1.64. The summed E-state index contributed by atoms with van der Waals surface area (Å²) in [6.07, 6.45) is 0.931. The first-order valence-electron chi connectivity index (χ1n) is 5.91. The normalized spacial score (nSPS) is 18.8. The number of Topliss-reactive ketones (excluding diaryl/α,β-unsaturated/α-hetero) is 1. The van der Waals surface area contributed by atoms with Crippen LogP contribution in [0.3, 0.4) is 0 Å². The van der Waals surface area contributed by atoms with Gasteiger partial charge in [0.1, 0.15) is 0 Å². The first kappa shape index (κ1) is 11.8. The Morgan fingerprint density at radius 1 is 1.29 bits per heavy atom. The zero-order valence-electron chi connectivity index (χ0n) is 10.5. The van der Waals surface area contributed by atoms with E-state index >= 15 is 0 Å². The smallest absolute Gasteiger partial charge is 0.223 e. The summed E-state index contributed by atoms with van der Waals surface area (Å²) in [5, 5.41) is 0. The molecule has 3 heteroatoms. The van der Waals surface area contributed by atoms with E-state index in [1.54, 1.807) is 24.8 Å². The maximum absolute atomic E-state index is 11.6. The van der Waals surface area contributed by atoms with Crippen LogP contribution in [0.4, 0.5) is 5.69 Å². The second kappa shape index (κ2) is 4.32.